The van der Waals surface area contributed by atoms with E-state index in [9.17, 15) is 13.2 Å². The topological polar surface area (TPSA) is 72.5 Å². The molecule has 142 valence electrons. The number of carbonyl (C=O) groups is 1. The summed E-state index contributed by atoms with van der Waals surface area (Å²) in [5, 5.41) is 1.59. The molecule has 4 rings (SSSR count). The minimum atomic E-state index is -3.87. The van der Waals surface area contributed by atoms with Crippen molar-refractivity contribution in [3.8, 4) is 5.75 Å². The van der Waals surface area contributed by atoms with Crippen molar-refractivity contribution >= 4 is 31.7 Å². The molecule has 1 saturated heterocycles. The van der Waals surface area contributed by atoms with Crippen molar-refractivity contribution in [1.82, 2.24) is 5.32 Å². The number of nitrogens with one attached hydrogen (secondary N) is 1. The van der Waals surface area contributed by atoms with Crippen LogP contribution >= 0.6 is 15.9 Å². The van der Waals surface area contributed by atoms with Crippen LogP contribution in [0.4, 0.5) is 0 Å². The third-order valence-electron chi connectivity index (χ3n) is 5.47. The molecule has 1 amide bonds. The number of benzene rings is 2. The van der Waals surface area contributed by atoms with Gasteiger partial charge in [0.1, 0.15) is 5.75 Å². The second-order valence-corrected chi connectivity index (χ2v) is 10.5. The minimum Gasteiger partial charge on any atom is -0.468 e. The van der Waals surface area contributed by atoms with Crippen LogP contribution in [0.5, 0.6) is 5.75 Å². The van der Waals surface area contributed by atoms with Gasteiger partial charge in [0.25, 0.3) is 0 Å². The van der Waals surface area contributed by atoms with Crippen molar-refractivity contribution in [1.29, 1.82) is 0 Å². The summed E-state index contributed by atoms with van der Waals surface area (Å²) in [5.74, 6) is -0.383. The number of piperidine rings is 1. The summed E-state index contributed by atoms with van der Waals surface area (Å²) in [5.41, 5.74) is 1.73. The number of fused-ring (bicyclic) bond motifs is 4. The molecule has 0 radical (unpaired) electrons. The lowest BCUT2D eigenvalue weighted by Crippen LogP contribution is -2.63. The van der Waals surface area contributed by atoms with E-state index in [0.29, 0.717) is 12.2 Å². The molecule has 2 aromatic rings. The van der Waals surface area contributed by atoms with E-state index in [2.05, 4.69) is 21.2 Å². The summed E-state index contributed by atoms with van der Waals surface area (Å²) in [6.07, 6.45) is 0.400. The van der Waals surface area contributed by atoms with E-state index < -0.39 is 32.6 Å². The van der Waals surface area contributed by atoms with Gasteiger partial charge in [-0.1, -0.05) is 22.0 Å². The van der Waals surface area contributed by atoms with Gasteiger partial charge >= 0.3 is 0 Å². The quantitative estimate of drug-likeness (QED) is 0.759. The summed E-state index contributed by atoms with van der Waals surface area (Å²) in [6.45, 7) is 5.58. The van der Waals surface area contributed by atoms with Gasteiger partial charge in [-0.3, -0.25) is 4.79 Å². The van der Waals surface area contributed by atoms with Crippen LogP contribution in [0, 0.1) is 13.8 Å². The van der Waals surface area contributed by atoms with Crippen molar-refractivity contribution in [2.75, 3.05) is 0 Å². The number of carbonyl (C=O) groups excluding carboxylic acids is 1. The van der Waals surface area contributed by atoms with Gasteiger partial charge in [0.2, 0.25) is 5.91 Å². The molecule has 0 spiro atoms. The first-order valence-corrected chi connectivity index (χ1v) is 11.1. The Morgan fingerprint density at radius 1 is 1.15 bits per heavy atom. The summed E-state index contributed by atoms with van der Waals surface area (Å²) in [4.78, 5) is 13.1. The smallest absolute Gasteiger partial charge is 0.242 e. The van der Waals surface area contributed by atoms with Crippen LogP contribution in [0.2, 0.25) is 0 Å². The lowest BCUT2D eigenvalue weighted by Gasteiger charge is -2.46. The summed E-state index contributed by atoms with van der Waals surface area (Å²) in [7, 11) is -3.87. The van der Waals surface area contributed by atoms with Crippen molar-refractivity contribution in [2.45, 2.75) is 49.0 Å². The molecule has 0 aliphatic carbocycles. The third kappa shape index (κ3) is 2.97. The molecule has 0 unspecified atom stereocenters. The number of hydrogen-bond acceptors (Lipinski definition) is 4. The van der Waals surface area contributed by atoms with E-state index in [0.717, 1.165) is 21.2 Å². The fourth-order valence-corrected chi connectivity index (χ4v) is 6.26. The number of halogens is 1. The minimum absolute atomic E-state index is 0.178. The monoisotopic (exact) mass is 449 g/mol. The average molecular weight is 450 g/mol. The first-order valence-electron chi connectivity index (χ1n) is 8.72. The Hall–Kier alpha value is -1.86. The van der Waals surface area contributed by atoms with Crippen molar-refractivity contribution in [3.05, 3.63) is 57.6 Å². The molecule has 0 aromatic heterocycles. The molecule has 2 aromatic carbocycles. The Labute approximate surface area is 167 Å². The zero-order valence-corrected chi connectivity index (χ0v) is 17.6. The first-order chi connectivity index (χ1) is 12.6. The summed E-state index contributed by atoms with van der Waals surface area (Å²) < 4.78 is 33.7. The van der Waals surface area contributed by atoms with Crippen LogP contribution in [0.25, 0.3) is 0 Å². The lowest BCUT2D eigenvalue weighted by molar-refractivity contribution is -0.132. The van der Waals surface area contributed by atoms with Crippen LogP contribution in [0.1, 0.15) is 36.0 Å². The molecule has 27 heavy (non-hydrogen) atoms. The second-order valence-electron chi connectivity index (χ2n) is 7.53. The average Bonchev–Trinajstić information content (AvgIpc) is 2.57. The van der Waals surface area contributed by atoms with Gasteiger partial charge < -0.3 is 10.1 Å². The van der Waals surface area contributed by atoms with E-state index in [-0.39, 0.29) is 4.90 Å². The Morgan fingerprint density at radius 2 is 1.89 bits per heavy atom. The van der Waals surface area contributed by atoms with Gasteiger partial charge in [0, 0.05) is 22.4 Å². The highest BCUT2D eigenvalue weighted by molar-refractivity contribution is 9.10. The number of rotatable bonds is 2. The zero-order chi connectivity index (χ0) is 19.6. The van der Waals surface area contributed by atoms with Crippen LogP contribution in [0.15, 0.2) is 45.8 Å². The molecule has 3 atom stereocenters. The zero-order valence-electron chi connectivity index (χ0n) is 15.2. The second kappa shape index (κ2) is 6.07. The van der Waals surface area contributed by atoms with E-state index in [1.54, 1.807) is 31.2 Å². The van der Waals surface area contributed by atoms with Gasteiger partial charge in [-0.25, -0.2) is 8.42 Å². The fourth-order valence-electron chi connectivity index (χ4n) is 3.97. The van der Waals surface area contributed by atoms with E-state index >= 15 is 0 Å². The molecule has 2 aliphatic rings. The summed E-state index contributed by atoms with van der Waals surface area (Å²) in [6, 6.07) is 10.5. The first kappa shape index (κ1) is 18.5. The predicted molar refractivity (Wildman–Crippen MR) is 106 cm³/mol. The van der Waals surface area contributed by atoms with Crippen molar-refractivity contribution < 1.29 is 17.9 Å². The highest BCUT2D eigenvalue weighted by Crippen LogP contribution is 2.47. The molecule has 2 aliphatic heterocycles. The van der Waals surface area contributed by atoms with Crippen LogP contribution in [0.3, 0.4) is 0 Å². The number of amides is 1. The SMILES string of the molecule is Cc1ccc(S(=O)(=O)[C@H]2C(=O)N[C@]3(C)C[C@H]2c2cc(Br)ccc2O3)cc1C. The van der Waals surface area contributed by atoms with Gasteiger partial charge in [-0.05, 0) is 62.2 Å². The standard InChI is InChI=1S/C20H20BrNO4S/c1-11-4-6-14(8-12(11)2)27(24,25)18-16-10-20(3,22-19(18)23)26-17-7-5-13(21)9-15(16)17/h4-9,16,18H,10H2,1-3H3,(H,22,23)/t16-,18+,20-/m0/s1. The predicted octanol–water partition coefficient (Wildman–Crippen LogP) is 3.62. The maximum atomic E-state index is 13.4. The Balaban J connectivity index is 1.87. The molecule has 1 fully saturated rings. The van der Waals surface area contributed by atoms with Gasteiger partial charge in [0.05, 0.1) is 4.90 Å². The van der Waals surface area contributed by atoms with Crippen LogP contribution < -0.4 is 10.1 Å². The molecule has 5 nitrogen and oxygen atoms in total. The molecular formula is C20H20BrNO4S. The molecule has 1 N–H and O–H groups in total. The third-order valence-corrected chi connectivity index (χ3v) is 8.08. The number of aryl methyl sites for hydroxylation is 2. The Kier molecular flexibility index (Phi) is 4.16. The number of sulfone groups is 1. The summed E-state index contributed by atoms with van der Waals surface area (Å²) >= 11 is 3.44. The number of ether oxygens (including phenoxy) is 1. The van der Waals surface area contributed by atoms with E-state index in [4.69, 9.17) is 4.74 Å². The largest absolute Gasteiger partial charge is 0.468 e. The normalized spacial score (nSPS) is 26.7. The molecule has 0 saturated carbocycles. The highest BCUT2D eigenvalue weighted by Gasteiger charge is 2.54. The molecule has 2 heterocycles. The highest BCUT2D eigenvalue weighted by atomic mass is 79.9. The molecular weight excluding hydrogens is 430 g/mol. The Morgan fingerprint density at radius 3 is 2.59 bits per heavy atom. The van der Waals surface area contributed by atoms with Gasteiger partial charge in [-0.15, -0.1) is 0 Å². The van der Waals surface area contributed by atoms with Crippen LogP contribution in [-0.2, 0) is 14.6 Å². The fraction of sp³-hybridized carbons (Fsp3) is 0.350. The maximum absolute atomic E-state index is 13.4. The van der Waals surface area contributed by atoms with E-state index in [1.807, 2.05) is 26.0 Å². The van der Waals surface area contributed by atoms with Gasteiger partial charge in [-0.2, -0.15) is 0 Å². The lowest BCUT2D eigenvalue weighted by atomic mass is 9.81. The van der Waals surface area contributed by atoms with Gasteiger partial charge in [0.15, 0.2) is 20.8 Å². The van der Waals surface area contributed by atoms with Crippen molar-refractivity contribution in [3.63, 3.8) is 0 Å². The van der Waals surface area contributed by atoms with E-state index in [1.165, 1.54) is 0 Å². The molecule has 2 bridgehead atoms. The molecule has 7 heteroatoms. The maximum Gasteiger partial charge on any atom is 0.242 e. The van der Waals surface area contributed by atoms with Crippen molar-refractivity contribution in [2.24, 2.45) is 0 Å². The Bertz CT molecular complexity index is 1070. The van der Waals surface area contributed by atoms with Crippen LogP contribution in [-0.4, -0.2) is 25.3 Å². The number of hydrogen-bond donors (Lipinski definition) is 1.